The van der Waals surface area contributed by atoms with Gasteiger partial charge in [-0.15, -0.1) is 0 Å². The highest BCUT2D eigenvalue weighted by Gasteiger charge is 2.23. The molecule has 8 heteroatoms. The number of benzene rings is 2. The number of rotatable bonds is 5. The van der Waals surface area contributed by atoms with Crippen LogP contribution in [0.15, 0.2) is 47.4 Å². The van der Waals surface area contributed by atoms with E-state index in [0.29, 0.717) is 15.7 Å². The Kier molecular flexibility index (Phi) is 5.87. The molecule has 1 amide bonds. The summed E-state index contributed by atoms with van der Waals surface area (Å²) in [5.41, 5.74) is 1.39. The number of nitrogens with one attached hydrogen (secondary N) is 1. The number of likely N-dealkylation sites (N-methyl/N-ethyl adjacent to an activating group) is 1. The minimum absolute atomic E-state index is 0.0653. The van der Waals surface area contributed by atoms with Crippen LogP contribution >= 0.6 is 23.2 Å². The lowest BCUT2D eigenvalue weighted by atomic mass is 10.2. The lowest BCUT2D eigenvalue weighted by Crippen LogP contribution is -2.35. The summed E-state index contributed by atoms with van der Waals surface area (Å²) in [4.78, 5) is 12.2. The number of carbonyl (C=O) groups is 1. The maximum absolute atomic E-state index is 12.4. The molecule has 128 valence electrons. The summed E-state index contributed by atoms with van der Waals surface area (Å²) in [7, 11) is -2.45. The number of carbonyl (C=O) groups excluding carboxylic acids is 1. The van der Waals surface area contributed by atoms with Gasteiger partial charge in [-0.3, -0.25) is 4.79 Å². The summed E-state index contributed by atoms with van der Waals surface area (Å²) >= 11 is 11.8. The molecule has 0 aliphatic rings. The van der Waals surface area contributed by atoms with Gasteiger partial charge < -0.3 is 5.32 Å². The van der Waals surface area contributed by atoms with Gasteiger partial charge >= 0.3 is 0 Å². The Morgan fingerprint density at radius 1 is 1.12 bits per heavy atom. The average Bonchev–Trinajstić information content (AvgIpc) is 2.50. The summed E-state index contributed by atoms with van der Waals surface area (Å²) in [6.07, 6.45) is 0. The van der Waals surface area contributed by atoms with Crippen LogP contribution in [-0.2, 0) is 14.8 Å². The van der Waals surface area contributed by atoms with Gasteiger partial charge in [-0.05, 0) is 48.9 Å². The van der Waals surface area contributed by atoms with Crippen molar-refractivity contribution in [1.82, 2.24) is 4.31 Å². The number of aryl methyl sites for hydroxylation is 1. The molecule has 0 spiro atoms. The highest BCUT2D eigenvalue weighted by Crippen LogP contribution is 2.23. The van der Waals surface area contributed by atoms with E-state index in [0.717, 1.165) is 9.87 Å². The Hall–Kier alpha value is -1.60. The summed E-state index contributed by atoms with van der Waals surface area (Å²) in [6.45, 7) is 1.54. The fourth-order valence-electron chi connectivity index (χ4n) is 1.98. The fourth-order valence-corrected chi connectivity index (χ4v) is 3.52. The lowest BCUT2D eigenvalue weighted by molar-refractivity contribution is -0.116. The molecule has 0 aliphatic carbocycles. The third-order valence-electron chi connectivity index (χ3n) is 3.29. The number of anilines is 1. The first kappa shape index (κ1) is 18.7. The van der Waals surface area contributed by atoms with Crippen molar-refractivity contribution >= 4 is 44.8 Å². The SMILES string of the molecule is Cc1ccc(NC(=O)CN(C)S(=O)(=O)c2ccc(Cl)cc2)c(Cl)c1. The zero-order valence-electron chi connectivity index (χ0n) is 13.1. The quantitative estimate of drug-likeness (QED) is 0.853. The van der Waals surface area contributed by atoms with E-state index in [1.165, 1.54) is 31.3 Å². The lowest BCUT2D eigenvalue weighted by Gasteiger charge is -2.17. The average molecular weight is 387 g/mol. The summed E-state index contributed by atoms with van der Waals surface area (Å²) in [5.74, 6) is -0.485. The van der Waals surface area contributed by atoms with E-state index in [1.54, 1.807) is 18.2 Å². The van der Waals surface area contributed by atoms with E-state index in [2.05, 4.69) is 5.32 Å². The van der Waals surface area contributed by atoms with Crippen LogP contribution in [0, 0.1) is 6.92 Å². The van der Waals surface area contributed by atoms with E-state index in [9.17, 15) is 13.2 Å². The summed E-state index contributed by atoms with van der Waals surface area (Å²) < 4.78 is 25.8. The number of hydrogen-bond acceptors (Lipinski definition) is 3. The van der Waals surface area contributed by atoms with Crippen molar-refractivity contribution in [2.45, 2.75) is 11.8 Å². The predicted molar refractivity (Wildman–Crippen MR) is 96.1 cm³/mol. The van der Waals surface area contributed by atoms with Crippen LogP contribution in [0.4, 0.5) is 5.69 Å². The van der Waals surface area contributed by atoms with Crippen LogP contribution in [0.3, 0.4) is 0 Å². The smallest absolute Gasteiger partial charge is 0.243 e. The summed E-state index contributed by atoms with van der Waals surface area (Å²) in [6, 6.07) is 10.9. The van der Waals surface area contributed by atoms with Gasteiger partial charge in [-0.2, -0.15) is 4.31 Å². The van der Waals surface area contributed by atoms with Crippen molar-refractivity contribution in [3.63, 3.8) is 0 Å². The molecule has 0 unspecified atom stereocenters. The first-order valence-electron chi connectivity index (χ1n) is 6.98. The molecule has 24 heavy (non-hydrogen) atoms. The summed E-state index contributed by atoms with van der Waals surface area (Å²) in [5, 5.41) is 3.43. The van der Waals surface area contributed by atoms with Crippen LogP contribution in [0.5, 0.6) is 0 Å². The van der Waals surface area contributed by atoms with Crippen LogP contribution in [-0.4, -0.2) is 32.2 Å². The topological polar surface area (TPSA) is 66.5 Å². The maximum Gasteiger partial charge on any atom is 0.243 e. The molecule has 0 aliphatic heterocycles. The predicted octanol–water partition coefficient (Wildman–Crippen LogP) is 3.56. The molecule has 2 aromatic rings. The number of halogens is 2. The molecule has 0 aromatic heterocycles. The molecule has 0 saturated carbocycles. The van der Waals surface area contributed by atoms with E-state index >= 15 is 0 Å². The van der Waals surface area contributed by atoms with Crippen molar-refractivity contribution in [3.05, 3.63) is 58.1 Å². The van der Waals surface area contributed by atoms with Gasteiger partial charge in [0.05, 0.1) is 22.2 Å². The van der Waals surface area contributed by atoms with Crippen molar-refractivity contribution in [3.8, 4) is 0 Å². The molecule has 0 heterocycles. The molecule has 0 atom stereocenters. The third kappa shape index (κ3) is 4.48. The van der Waals surface area contributed by atoms with E-state index in [4.69, 9.17) is 23.2 Å². The molecule has 0 saturated heterocycles. The zero-order valence-corrected chi connectivity index (χ0v) is 15.4. The van der Waals surface area contributed by atoms with Gasteiger partial charge in [-0.1, -0.05) is 29.3 Å². The van der Waals surface area contributed by atoms with Gasteiger partial charge in [0, 0.05) is 12.1 Å². The number of nitrogens with zero attached hydrogens (tertiary/aromatic N) is 1. The Morgan fingerprint density at radius 3 is 2.33 bits per heavy atom. The maximum atomic E-state index is 12.4. The van der Waals surface area contributed by atoms with Gasteiger partial charge in [-0.25, -0.2) is 8.42 Å². The molecule has 1 N–H and O–H groups in total. The van der Waals surface area contributed by atoms with Crippen LogP contribution in [0.25, 0.3) is 0 Å². The number of amides is 1. The highest BCUT2D eigenvalue weighted by atomic mass is 35.5. The van der Waals surface area contributed by atoms with Crippen LogP contribution in [0.2, 0.25) is 10.0 Å². The second-order valence-corrected chi connectivity index (χ2v) is 8.13. The zero-order chi connectivity index (χ0) is 17.9. The van der Waals surface area contributed by atoms with Gasteiger partial charge in [0.1, 0.15) is 0 Å². The van der Waals surface area contributed by atoms with E-state index in [-0.39, 0.29) is 11.4 Å². The minimum atomic E-state index is -3.78. The highest BCUT2D eigenvalue weighted by molar-refractivity contribution is 7.89. The van der Waals surface area contributed by atoms with Crippen molar-refractivity contribution in [1.29, 1.82) is 0 Å². The molecule has 5 nitrogen and oxygen atoms in total. The molecular weight excluding hydrogens is 371 g/mol. The van der Waals surface area contributed by atoms with Crippen molar-refractivity contribution < 1.29 is 13.2 Å². The second kappa shape index (κ2) is 7.53. The molecular formula is C16H16Cl2N2O3S. The number of sulfonamides is 1. The standard InChI is InChI=1S/C16H16Cl2N2O3S/c1-11-3-8-15(14(18)9-11)19-16(21)10-20(2)24(22,23)13-6-4-12(17)5-7-13/h3-9H,10H2,1-2H3,(H,19,21). The third-order valence-corrected chi connectivity index (χ3v) is 5.67. The number of hydrogen-bond donors (Lipinski definition) is 1. The minimum Gasteiger partial charge on any atom is -0.324 e. The second-order valence-electron chi connectivity index (χ2n) is 5.25. The molecule has 0 bridgehead atoms. The van der Waals surface area contributed by atoms with Gasteiger partial charge in [0.15, 0.2) is 0 Å². The first-order chi connectivity index (χ1) is 11.2. The van der Waals surface area contributed by atoms with Crippen LogP contribution in [0.1, 0.15) is 5.56 Å². The fraction of sp³-hybridized carbons (Fsp3) is 0.188. The first-order valence-corrected chi connectivity index (χ1v) is 9.17. The largest absolute Gasteiger partial charge is 0.324 e. The monoisotopic (exact) mass is 386 g/mol. The Labute approximate surface area is 151 Å². The molecule has 2 aromatic carbocycles. The van der Waals surface area contributed by atoms with Gasteiger partial charge in [0.2, 0.25) is 15.9 Å². The molecule has 0 fully saturated rings. The molecule has 2 rings (SSSR count). The van der Waals surface area contributed by atoms with Gasteiger partial charge in [0.25, 0.3) is 0 Å². The normalized spacial score (nSPS) is 11.5. The van der Waals surface area contributed by atoms with Crippen molar-refractivity contribution in [2.75, 3.05) is 18.9 Å². The van der Waals surface area contributed by atoms with Crippen molar-refractivity contribution in [2.24, 2.45) is 0 Å². The molecule has 0 radical (unpaired) electrons. The Balaban J connectivity index is 2.09. The van der Waals surface area contributed by atoms with E-state index < -0.39 is 15.9 Å². The van der Waals surface area contributed by atoms with Crippen LogP contribution < -0.4 is 5.32 Å². The Bertz CT molecular complexity index is 852. The van der Waals surface area contributed by atoms with E-state index in [1.807, 2.05) is 6.92 Å². The Morgan fingerprint density at radius 2 is 1.75 bits per heavy atom.